The maximum atomic E-state index is 12.9. The predicted molar refractivity (Wildman–Crippen MR) is 160 cm³/mol. The van der Waals surface area contributed by atoms with Gasteiger partial charge in [-0.05, 0) is 110 Å². The third-order valence-electron chi connectivity index (χ3n) is 10.1. The lowest BCUT2D eigenvalue weighted by Crippen LogP contribution is -2.52. The first kappa shape index (κ1) is 33.8. The molecule has 0 heterocycles. The smallest absolute Gasteiger partial charge is 0.453 e. The molecule has 42 heavy (non-hydrogen) atoms. The fourth-order valence-corrected chi connectivity index (χ4v) is 9.28. The van der Waals surface area contributed by atoms with Gasteiger partial charge in [-0.3, -0.25) is 4.84 Å². The average Bonchev–Trinajstić information content (AvgIpc) is 3.33. The SMILES string of the molecule is CN(C)OC12CCCC1C1C(CCCCCCCCCSCCCC(F)(F)C(F)(F)F)Cc3cc(O)ccc3C1CC2. The van der Waals surface area contributed by atoms with Crippen LogP contribution in [0.25, 0.3) is 0 Å². The van der Waals surface area contributed by atoms with E-state index in [0.717, 1.165) is 50.7 Å². The molecule has 3 aliphatic carbocycles. The van der Waals surface area contributed by atoms with Crippen LogP contribution < -0.4 is 0 Å². The summed E-state index contributed by atoms with van der Waals surface area (Å²) in [5.41, 5.74) is 2.77. The molecule has 5 unspecified atom stereocenters. The molecular weight excluding hydrogens is 569 g/mol. The first-order valence-electron chi connectivity index (χ1n) is 16.1. The zero-order chi connectivity index (χ0) is 30.4. The second-order valence-corrected chi connectivity index (χ2v) is 14.4. The highest BCUT2D eigenvalue weighted by Crippen LogP contribution is 2.60. The summed E-state index contributed by atoms with van der Waals surface area (Å²) >= 11 is 1.48. The van der Waals surface area contributed by atoms with Crippen LogP contribution in [0.15, 0.2) is 18.2 Å². The van der Waals surface area contributed by atoms with E-state index < -0.39 is 18.5 Å². The van der Waals surface area contributed by atoms with E-state index in [9.17, 15) is 27.1 Å². The van der Waals surface area contributed by atoms with E-state index in [1.807, 2.05) is 31.3 Å². The van der Waals surface area contributed by atoms with Crippen molar-refractivity contribution in [1.82, 2.24) is 5.06 Å². The number of aromatic hydroxyl groups is 1. The van der Waals surface area contributed by atoms with Crippen LogP contribution in [-0.4, -0.2) is 53.5 Å². The Balaban J connectivity index is 1.17. The lowest BCUT2D eigenvalue weighted by molar-refractivity contribution is -0.284. The highest BCUT2D eigenvalue weighted by molar-refractivity contribution is 7.99. The summed E-state index contributed by atoms with van der Waals surface area (Å²) in [6.45, 7) is 0. The Hall–Kier alpha value is -1.06. The molecule has 1 aromatic rings. The topological polar surface area (TPSA) is 32.7 Å². The largest absolute Gasteiger partial charge is 0.508 e. The van der Waals surface area contributed by atoms with Crippen LogP contribution in [0, 0.1) is 17.8 Å². The number of nitrogens with zero attached hydrogens (tertiary/aromatic N) is 1. The quantitative estimate of drug-likeness (QED) is 0.113. The standard InChI is InChI=1S/C33H50F5NO2S/c1-39(2)41-31-17-10-13-29(31)30-24(22-25-23-26(40)14-15-27(25)28(30)16-19-31)12-8-6-4-3-5-7-9-20-42-21-11-18-32(34,35)33(36,37)38/h14-15,23-24,28-30,40H,3-13,16-22H2,1-2H3. The normalized spacial score (nSPS) is 27.6. The highest BCUT2D eigenvalue weighted by Gasteiger charge is 2.57. The minimum absolute atomic E-state index is 0.0240. The number of hydrogen-bond acceptors (Lipinski definition) is 4. The van der Waals surface area contributed by atoms with Crippen molar-refractivity contribution in [3.63, 3.8) is 0 Å². The molecule has 5 atom stereocenters. The Morgan fingerprint density at radius 2 is 1.62 bits per heavy atom. The van der Waals surface area contributed by atoms with Crippen molar-refractivity contribution >= 4 is 11.8 Å². The monoisotopic (exact) mass is 619 g/mol. The Morgan fingerprint density at radius 1 is 0.929 bits per heavy atom. The summed E-state index contributed by atoms with van der Waals surface area (Å²) < 4.78 is 62.5. The van der Waals surface area contributed by atoms with E-state index in [1.54, 1.807) is 0 Å². The number of phenols is 1. The maximum Gasteiger partial charge on any atom is 0.453 e. The van der Waals surface area contributed by atoms with Gasteiger partial charge in [-0.2, -0.15) is 38.8 Å². The summed E-state index contributed by atoms with van der Waals surface area (Å²) in [6, 6.07) is 6.04. The Labute approximate surface area is 253 Å². The molecule has 9 heteroatoms. The van der Waals surface area contributed by atoms with Crippen molar-refractivity contribution in [2.24, 2.45) is 17.8 Å². The van der Waals surface area contributed by atoms with Crippen LogP contribution in [0.2, 0.25) is 0 Å². The molecule has 3 aliphatic rings. The Kier molecular flexibility index (Phi) is 11.9. The zero-order valence-electron chi connectivity index (χ0n) is 25.4. The van der Waals surface area contributed by atoms with Gasteiger partial charge in [0.05, 0.1) is 5.60 Å². The number of fused-ring (bicyclic) bond motifs is 5. The van der Waals surface area contributed by atoms with Gasteiger partial charge in [-0.15, -0.1) is 0 Å². The number of rotatable bonds is 16. The van der Waals surface area contributed by atoms with Gasteiger partial charge in [0.1, 0.15) is 5.75 Å². The number of alkyl halides is 5. The van der Waals surface area contributed by atoms with E-state index >= 15 is 0 Å². The lowest BCUT2D eigenvalue weighted by atomic mass is 9.55. The number of unbranched alkanes of at least 4 members (excludes halogenated alkanes) is 6. The van der Waals surface area contributed by atoms with Gasteiger partial charge in [0.25, 0.3) is 0 Å². The van der Waals surface area contributed by atoms with Gasteiger partial charge in [0.2, 0.25) is 0 Å². The van der Waals surface area contributed by atoms with Gasteiger partial charge >= 0.3 is 12.1 Å². The Morgan fingerprint density at radius 3 is 2.33 bits per heavy atom. The van der Waals surface area contributed by atoms with Gasteiger partial charge < -0.3 is 5.11 Å². The van der Waals surface area contributed by atoms with Crippen molar-refractivity contribution in [2.45, 2.75) is 126 Å². The Bertz CT molecular complexity index is 990. The third-order valence-corrected chi connectivity index (χ3v) is 11.2. The summed E-state index contributed by atoms with van der Waals surface area (Å²) in [4.78, 5) is 6.57. The zero-order valence-corrected chi connectivity index (χ0v) is 26.2. The van der Waals surface area contributed by atoms with E-state index in [1.165, 1.54) is 67.8 Å². The van der Waals surface area contributed by atoms with Crippen molar-refractivity contribution in [2.75, 3.05) is 25.6 Å². The second kappa shape index (κ2) is 14.8. The number of benzene rings is 1. The van der Waals surface area contributed by atoms with Crippen molar-refractivity contribution in [1.29, 1.82) is 0 Å². The van der Waals surface area contributed by atoms with Crippen LogP contribution in [0.1, 0.15) is 113 Å². The molecule has 0 spiro atoms. The molecule has 0 bridgehead atoms. The molecule has 2 saturated carbocycles. The number of hydroxylamine groups is 2. The lowest BCUT2D eigenvalue weighted by Gasteiger charge is -2.53. The van der Waals surface area contributed by atoms with Crippen LogP contribution >= 0.6 is 11.8 Å². The number of halogens is 5. The summed E-state index contributed by atoms with van der Waals surface area (Å²) in [6.07, 6.45) is 9.51. The van der Waals surface area contributed by atoms with E-state index in [2.05, 4.69) is 6.07 Å². The average molecular weight is 620 g/mol. The minimum atomic E-state index is -5.44. The van der Waals surface area contributed by atoms with E-state index in [0.29, 0.717) is 35.2 Å². The predicted octanol–water partition coefficient (Wildman–Crippen LogP) is 9.92. The molecule has 3 nitrogen and oxygen atoms in total. The van der Waals surface area contributed by atoms with Gasteiger partial charge in [0, 0.05) is 20.5 Å². The van der Waals surface area contributed by atoms with Gasteiger partial charge in [-0.1, -0.05) is 51.0 Å². The van der Waals surface area contributed by atoms with E-state index in [-0.39, 0.29) is 12.0 Å². The molecule has 0 aliphatic heterocycles. The molecule has 0 aromatic heterocycles. The molecule has 240 valence electrons. The number of phenolic OH excluding ortho intramolecular Hbond substituents is 1. The van der Waals surface area contributed by atoms with Crippen molar-refractivity contribution < 1.29 is 31.9 Å². The van der Waals surface area contributed by atoms with Crippen molar-refractivity contribution in [3.05, 3.63) is 29.3 Å². The fourth-order valence-electron chi connectivity index (χ4n) is 8.32. The summed E-state index contributed by atoms with van der Waals surface area (Å²) in [5, 5.41) is 12.1. The number of hydrogen-bond donors (Lipinski definition) is 1. The van der Waals surface area contributed by atoms with Crippen LogP contribution in [0.3, 0.4) is 0 Å². The molecule has 0 saturated heterocycles. The van der Waals surface area contributed by atoms with Gasteiger partial charge in [-0.25, -0.2) is 0 Å². The van der Waals surface area contributed by atoms with Crippen molar-refractivity contribution in [3.8, 4) is 5.75 Å². The third kappa shape index (κ3) is 8.35. The molecule has 1 N–H and O–H groups in total. The fraction of sp³-hybridized carbons (Fsp3) is 0.818. The number of thioether (sulfide) groups is 1. The van der Waals surface area contributed by atoms with Crippen LogP contribution in [0.4, 0.5) is 22.0 Å². The summed E-state index contributed by atoms with van der Waals surface area (Å²) in [5.74, 6) is -0.640. The molecule has 1 aromatic carbocycles. The first-order chi connectivity index (χ1) is 19.9. The molecule has 0 radical (unpaired) electrons. The molecule has 0 amide bonds. The molecule has 4 rings (SSSR count). The second-order valence-electron chi connectivity index (χ2n) is 13.2. The highest BCUT2D eigenvalue weighted by atomic mass is 32.2. The maximum absolute atomic E-state index is 12.9. The first-order valence-corrected chi connectivity index (χ1v) is 17.3. The van der Waals surface area contributed by atoms with Crippen LogP contribution in [0.5, 0.6) is 5.75 Å². The van der Waals surface area contributed by atoms with Gasteiger partial charge in [0.15, 0.2) is 0 Å². The minimum Gasteiger partial charge on any atom is -0.508 e. The van der Waals surface area contributed by atoms with Crippen LogP contribution in [-0.2, 0) is 11.3 Å². The molecular formula is C33H50F5NO2S. The van der Waals surface area contributed by atoms with E-state index in [4.69, 9.17) is 4.84 Å². The summed E-state index contributed by atoms with van der Waals surface area (Å²) in [7, 11) is 4.02. The molecule has 2 fully saturated rings.